The third-order valence-corrected chi connectivity index (χ3v) is 4.27. The Bertz CT molecular complexity index is 495. The van der Waals surface area contributed by atoms with Crippen molar-refractivity contribution < 1.29 is 13.2 Å². The molecule has 0 aromatic heterocycles. The Hall–Kier alpha value is -1.40. The molecule has 0 aliphatic carbocycles. The maximum Gasteiger partial charge on any atom is 0.251 e. The van der Waals surface area contributed by atoms with Crippen LogP contribution in [0, 0.1) is 0 Å². The fourth-order valence-corrected chi connectivity index (χ4v) is 2.27. The standard InChI is InChI=1S/C12H18N2O3S/c1-3-18(16,17)11-6-4-10(5-7-11)12(15)14-9-8-13-2/h4-7,13H,3,8-9H2,1-2H3,(H,14,15). The summed E-state index contributed by atoms with van der Waals surface area (Å²) >= 11 is 0. The van der Waals surface area contributed by atoms with Crippen LogP contribution in [0.4, 0.5) is 0 Å². The summed E-state index contributed by atoms with van der Waals surface area (Å²) in [6.07, 6.45) is 0. The summed E-state index contributed by atoms with van der Waals surface area (Å²) in [7, 11) is -1.40. The molecule has 0 radical (unpaired) electrons. The van der Waals surface area contributed by atoms with E-state index in [2.05, 4.69) is 10.6 Å². The number of benzene rings is 1. The molecule has 0 saturated heterocycles. The zero-order valence-electron chi connectivity index (χ0n) is 10.6. The van der Waals surface area contributed by atoms with Crippen molar-refractivity contribution >= 4 is 15.7 Å². The highest BCUT2D eigenvalue weighted by atomic mass is 32.2. The van der Waals surface area contributed by atoms with Gasteiger partial charge in [0.15, 0.2) is 9.84 Å². The second-order valence-corrected chi connectivity index (χ2v) is 6.07. The van der Waals surface area contributed by atoms with Gasteiger partial charge in [0, 0.05) is 18.7 Å². The Labute approximate surface area is 108 Å². The number of carbonyl (C=O) groups excluding carboxylic acids is 1. The molecule has 1 amide bonds. The number of likely N-dealkylation sites (N-methyl/N-ethyl adjacent to an activating group) is 1. The molecule has 0 bridgehead atoms. The van der Waals surface area contributed by atoms with E-state index in [1.165, 1.54) is 24.3 Å². The van der Waals surface area contributed by atoms with Gasteiger partial charge in [0.25, 0.3) is 5.91 Å². The first-order valence-corrected chi connectivity index (χ1v) is 7.42. The molecule has 100 valence electrons. The zero-order valence-corrected chi connectivity index (χ0v) is 11.4. The van der Waals surface area contributed by atoms with Crippen molar-refractivity contribution in [2.45, 2.75) is 11.8 Å². The number of nitrogens with one attached hydrogen (secondary N) is 2. The van der Waals surface area contributed by atoms with E-state index in [4.69, 9.17) is 0 Å². The highest BCUT2D eigenvalue weighted by molar-refractivity contribution is 7.91. The topological polar surface area (TPSA) is 75.3 Å². The maximum absolute atomic E-state index is 11.7. The Morgan fingerprint density at radius 1 is 1.17 bits per heavy atom. The van der Waals surface area contributed by atoms with Gasteiger partial charge >= 0.3 is 0 Å². The fraction of sp³-hybridized carbons (Fsp3) is 0.417. The first kappa shape index (κ1) is 14.7. The summed E-state index contributed by atoms with van der Waals surface area (Å²) in [5.41, 5.74) is 0.459. The van der Waals surface area contributed by atoms with Crippen molar-refractivity contribution in [3.05, 3.63) is 29.8 Å². The first-order chi connectivity index (χ1) is 8.51. The molecule has 0 saturated carbocycles. The molecule has 0 atom stereocenters. The lowest BCUT2D eigenvalue weighted by Gasteiger charge is -2.06. The fourth-order valence-electron chi connectivity index (χ4n) is 1.38. The highest BCUT2D eigenvalue weighted by Crippen LogP contribution is 2.12. The van der Waals surface area contributed by atoms with E-state index in [9.17, 15) is 13.2 Å². The number of amides is 1. The number of hydrogen-bond acceptors (Lipinski definition) is 4. The van der Waals surface area contributed by atoms with Crippen molar-refractivity contribution in [2.75, 3.05) is 25.9 Å². The van der Waals surface area contributed by atoms with Gasteiger partial charge in [0.2, 0.25) is 0 Å². The third-order valence-electron chi connectivity index (χ3n) is 2.52. The minimum atomic E-state index is -3.20. The Morgan fingerprint density at radius 3 is 2.28 bits per heavy atom. The summed E-state index contributed by atoms with van der Waals surface area (Å²) in [5, 5.41) is 5.64. The van der Waals surface area contributed by atoms with Crippen LogP contribution in [0.5, 0.6) is 0 Å². The van der Waals surface area contributed by atoms with Crippen LogP contribution in [0.25, 0.3) is 0 Å². The highest BCUT2D eigenvalue weighted by Gasteiger charge is 2.12. The molecule has 1 aromatic carbocycles. The molecular formula is C12H18N2O3S. The lowest BCUT2D eigenvalue weighted by Crippen LogP contribution is -2.30. The molecule has 0 aliphatic rings. The smallest absolute Gasteiger partial charge is 0.251 e. The number of sulfone groups is 1. The van der Waals surface area contributed by atoms with Gasteiger partial charge in [-0.2, -0.15) is 0 Å². The lowest BCUT2D eigenvalue weighted by atomic mass is 10.2. The van der Waals surface area contributed by atoms with Crippen LogP contribution in [0.1, 0.15) is 17.3 Å². The SMILES string of the molecule is CCS(=O)(=O)c1ccc(C(=O)NCCNC)cc1. The predicted molar refractivity (Wildman–Crippen MR) is 70.4 cm³/mol. The van der Waals surface area contributed by atoms with E-state index in [1.807, 2.05) is 0 Å². The molecule has 1 rings (SSSR count). The predicted octanol–water partition coefficient (Wildman–Crippen LogP) is 0.429. The zero-order chi connectivity index (χ0) is 13.6. The van der Waals surface area contributed by atoms with Crippen molar-refractivity contribution in [1.29, 1.82) is 0 Å². The average Bonchev–Trinajstić information content (AvgIpc) is 2.39. The van der Waals surface area contributed by atoms with Gasteiger partial charge in [-0.25, -0.2) is 8.42 Å². The minimum Gasteiger partial charge on any atom is -0.351 e. The summed E-state index contributed by atoms with van der Waals surface area (Å²) in [5.74, 6) is -0.147. The number of carbonyl (C=O) groups is 1. The first-order valence-electron chi connectivity index (χ1n) is 5.77. The van der Waals surface area contributed by atoms with Crippen LogP contribution in [-0.4, -0.2) is 40.2 Å². The third kappa shape index (κ3) is 3.82. The van der Waals surface area contributed by atoms with E-state index in [0.717, 1.165) is 0 Å². The van der Waals surface area contributed by atoms with Gasteiger partial charge in [-0.15, -0.1) is 0 Å². The van der Waals surface area contributed by atoms with E-state index in [1.54, 1.807) is 14.0 Å². The van der Waals surface area contributed by atoms with Crippen LogP contribution >= 0.6 is 0 Å². The van der Waals surface area contributed by atoms with Crippen LogP contribution in [0.2, 0.25) is 0 Å². The molecule has 0 aliphatic heterocycles. The molecular weight excluding hydrogens is 252 g/mol. The van der Waals surface area contributed by atoms with Crippen molar-refractivity contribution in [1.82, 2.24) is 10.6 Å². The summed E-state index contributed by atoms with van der Waals surface area (Å²) in [6.45, 7) is 2.81. The van der Waals surface area contributed by atoms with E-state index in [0.29, 0.717) is 18.7 Å². The summed E-state index contributed by atoms with van der Waals surface area (Å²) in [4.78, 5) is 11.9. The van der Waals surface area contributed by atoms with Gasteiger partial charge in [0.05, 0.1) is 10.6 Å². The molecule has 0 spiro atoms. The minimum absolute atomic E-state index is 0.0563. The van der Waals surface area contributed by atoms with Gasteiger partial charge in [-0.05, 0) is 31.3 Å². The van der Waals surface area contributed by atoms with Crippen LogP contribution < -0.4 is 10.6 Å². The Balaban J connectivity index is 2.74. The van der Waals surface area contributed by atoms with Gasteiger partial charge in [-0.3, -0.25) is 4.79 Å². The van der Waals surface area contributed by atoms with Crippen LogP contribution in [-0.2, 0) is 9.84 Å². The van der Waals surface area contributed by atoms with Gasteiger partial charge in [-0.1, -0.05) is 6.92 Å². The molecule has 6 heteroatoms. The van der Waals surface area contributed by atoms with E-state index in [-0.39, 0.29) is 16.6 Å². The number of hydrogen-bond donors (Lipinski definition) is 2. The second kappa shape index (κ2) is 6.51. The van der Waals surface area contributed by atoms with Crippen LogP contribution in [0.3, 0.4) is 0 Å². The van der Waals surface area contributed by atoms with Gasteiger partial charge < -0.3 is 10.6 Å². The molecule has 0 unspecified atom stereocenters. The molecule has 0 heterocycles. The summed E-state index contributed by atoms with van der Waals surface area (Å²) < 4.78 is 23.2. The van der Waals surface area contributed by atoms with E-state index < -0.39 is 9.84 Å². The van der Waals surface area contributed by atoms with Crippen molar-refractivity contribution in [3.63, 3.8) is 0 Å². The maximum atomic E-state index is 11.7. The molecule has 1 aromatic rings. The van der Waals surface area contributed by atoms with Crippen molar-refractivity contribution in [2.24, 2.45) is 0 Å². The molecule has 0 fully saturated rings. The Kier molecular flexibility index (Phi) is 5.30. The van der Waals surface area contributed by atoms with Crippen molar-refractivity contribution in [3.8, 4) is 0 Å². The van der Waals surface area contributed by atoms with Crippen LogP contribution in [0.15, 0.2) is 29.2 Å². The number of rotatable bonds is 6. The molecule has 2 N–H and O–H groups in total. The van der Waals surface area contributed by atoms with Gasteiger partial charge in [0.1, 0.15) is 0 Å². The normalized spacial score (nSPS) is 11.2. The summed E-state index contributed by atoms with van der Waals surface area (Å²) in [6, 6.07) is 5.98. The Morgan fingerprint density at radius 2 is 1.78 bits per heavy atom. The quantitative estimate of drug-likeness (QED) is 0.735. The lowest BCUT2D eigenvalue weighted by molar-refractivity contribution is 0.0954. The monoisotopic (exact) mass is 270 g/mol. The molecule has 5 nitrogen and oxygen atoms in total. The second-order valence-electron chi connectivity index (χ2n) is 3.79. The largest absolute Gasteiger partial charge is 0.351 e. The molecule has 18 heavy (non-hydrogen) atoms. The van der Waals surface area contributed by atoms with E-state index >= 15 is 0 Å². The average molecular weight is 270 g/mol.